The van der Waals surface area contributed by atoms with E-state index in [1.807, 2.05) is 0 Å². The van der Waals surface area contributed by atoms with E-state index in [-0.39, 0.29) is 17.5 Å². The van der Waals surface area contributed by atoms with Gasteiger partial charge < -0.3 is 4.74 Å². The lowest BCUT2D eigenvalue weighted by molar-refractivity contribution is -0.274. The van der Waals surface area contributed by atoms with Gasteiger partial charge in [-0.1, -0.05) is 18.6 Å². The van der Waals surface area contributed by atoms with Gasteiger partial charge in [-0.05, 0) is 30.5 Å². The first kappa shape index (κ1) is 12.9. The molecule has 1 aromatic carbocycles. The van der Waals surface area contributed by atoms with Gasteiger partial charge in [0.1, 0.15) is 11.5 Å². The third-order valence-electron chi connectivity index (χ3n) is 3.07. The van der Waals surface area contributed by atoms with E-state index in [1.165, 1.54) is 24.3 Å². The molecule has 1 aromatic rings. The van der Waals surface area contributed by atoms with Gasteiger partial charge in [-0.2, -0.15) is 0 Å². The largest absolute Gasteiger partial charge is 0.573 e. The van der Waals surface area contributed by atoms with Gasteiger partial charge in [-0.3, -0.25) is 4.79 Å². The lowest BCUT2D eigenvalue weighted by atomic mass is 9.83. The van der Waals surface area contributed by atoms with Crippen LogP contribution in [0.1, 0.15) is 37.2 Å². The summed E-state index contributed by atoms with van der Waals surface area (Å²) in [5.41, 5.74) is 0.772. The molecule has 0 N–H and O–H groups in total. The Kier molecular flexibility index (Phi) is 3.59. The molecule has 2 rings (SSSR count). The molecule has 0 aromatic heterocycles. The molecule has 0 saturated heterocycles. The first-order chi connectivity index (χ1) is 8.46. The van der Waals surface area contributed by atoms with Gasteiger partial charge in [0.05, 0.1) is 0 Å². The number of ketones is 1. The Labute approximate surface area is 103 Å². The fourth-order valence-corrected chi connectivity index (χ4v) is 2.24. The Morgan fingerprint density at radius 2 is 1.78 bits per heavy atom. The van der Waals surface area contributed by atoms with Crippen molar-refractivity contribution in [3.63, 3.8) is 0 Å². The summed E-state index contributed by atoms with van der Waals surface area (Å²) in [5, 5.41) is 0. The van der Waals surface area contributed by atoms with Crippen LogP contribution in [0.3, 0.4) is 0 Å². The van der Waals surface area contributed by atoms with Crippen molar-refractivity contribution in [1.82, 2.24) is 0 Å². The Bertz CT molecular complexity index is 423. The maximum absolute atomic E-state index is 12.0. The van der Waals surface area contributed by atoms with Gasteiger partial charge >= 0.3 is 6.36 Å². The number of benzene rings is 1. The number of carbonyl (C=O) groups excluding carboxylic acids is 1. The fourth-order valence-electron chi connectivity index (χ4n) is 2.24. The smallest absolute Gasteiger partial charge is 0.406 e. The monoisotopic (exact) mass is 258 g/mol. The molecule has 0 heterocycles. The predicted octanol–water partition coefficient (Wildman–Crippen LogP) is 3.81. The molecule has 0 aliphatic heterocycles. The van der Waals surface area contributed by atoms with Gasteiger partial charge in [0.25, 0.3) is 0 Å². The van der Waals surface area contributed by atoms with Crippen LogP contribution in [0.4, 0.5) is 13.2 Å². The number of alkyl halides is 3. The summed E-state index contributed by atoms with van der Waals surface area (Å²) in [6.45, 7) is 0. The number of carbonyl (C=O) groups is 1. The zero-order valence-electron chi connectivity index (χ0n) is 9.67. The van der Waals surface area contributed by atoms with Gasteiger partial charge in [0, 0.05) is 12.3 Å². The van der Waals surface area contributed by atoms with Crippen LogP contribution in [0, 0.1) is 0 Å². The van der Waals surface area contributed by atoms with Crippen molar-refractivity contribution in [3.05, 3.63) is 29.8 Å². The second-order valence-corrected chi connectivity index (χ2v) is 4.38. The molecular weight excluding hydrogens is 245 g/mol. The number of ether oxygens (including phenoxy) is 1. The van der Waals surface area contributed by atoms with Gasteiger partial charge in [0.15, 0.2) is 0 Å². The lowest BCUT2D eigenvalue weighted by Gasteiger charge is -2.21. The number of halogens is 3. The van der Waals surface area contributed by atoms with Crippen LogP contribution in [0.25, 0.3) is 0 Å². The van der Waals surface area contributed by atoms with E-state index < -0.39 is 6.36 Å². The summed E-state index contributed by atoms with van der Waals surface area (Å²) in [6.07, 6.45) is -1.45. The molecule has 1 saturated carbocycles. The summed E-state index contributed by atoms with van der Waals surface area (Å²) in [5.74, 6) is -0.251. The highest BCUT2D eigenvalue weighted by Crippen LogP contribution is 2.31. The first-order valence-corrected chi connectivity index (χ1v) is 5.84. The standard InChI is InChI=1S/C13H13F3O2/c14-13(15,16)18-10-7-5-9(6-8-10)11-3-1-2-4-12(11)17/h5-8,11H,1-4H2/t11-/m0/s1. The normalized spacial score (nSPS) is 20.8. The lowest BCUT2D eigenvalue weighted by Crippen LogP contribution is -2.18. The van der Waals surface area contributed by atoms with E-state index in [0.717, 1.165) is 24.8 Å². The highest BCUT2D eigenvalue weighted by atomic mass is 19.4. The van der Waals surface area contributed by atoms with Crippen molar-refractivity contribution in [2.75, 3.05) is 0 Å². The number of hydrogen-bond acceptors (Lipinski definition) is 2. The number of Topliss-reactive ketones (excluding diaryl/α,β-unsaturated/α-hetero) is 1. The summed E-state index contributed by atoms with van der Waals surface area (Å²) >= 11 is 0. The molecule has 0 unspecified atom stereocenters. The van der Waals surface area contributed by atoms with Crippen LogP contribution in [0.5, 0.6) is 5.75 Å². The van der Waals surface area contributed by atoms with Gasteiger partial charge in [0.2, 0.25) is 0 Å². The van der Waals surface area contributed by atoms with E-state index in [2.05, 4.69) is 4.74 Å². The van der Waals surface area contributed by atoms with Crippen molar-refractivity contribution >= 4 is 5.78 Å². The Morgan fingerprint density at radius 3 is 2.33 bits per heavy atom. The molecule has 98 valence electrons. The Morgan fingerprint density at radius 1 is 1.11 bits per heavy atom. The molecule has 0 bridgehead atoms. The van der Waals surface area contributed by atoms with E-state index in [9.17, 15) is 18.0 Å². The Hall–Kier alpha value is -1.52. The molecule has 0 amide bonds. The van der Waals surface area contributed by atoms with Crippen LogP contribution in [0.15, 0.2) is 24.3 Å². The van der Waals surface area contributed by atoms with Crippen LogP contribution in [-0.2, 0) is 4.79 Å². The second-order valence-electron chi connectivity index (χ2n) is 4.38. The van der Waals surface area contributed by atoms with E-state index in [0.29, 0.717) is 6.42 Å². The van der Waals surface area contributed by atoms with Gasteiger partial charge in [-0.25, -0.2) is 0 Å². The highest BCUT2D eigenvalue weighted by molar-refractivity contribution is 5.86. The zero-order valence-corrected chi connectivity index (χ0v) is 9.67. The second kappa shape index (κ2) is 5.00. The average molecular weight is 258 g/mol. The highest BCUT2D eigenvalue weighted by Gasteiger charge is 2.31. The predicted molar refractivity (Wildman–Crippen MR) is 59.3 cm³/mol. The van der Waals surface area contributed by atoms with Crippen molar-refractivity contribution in [2.24, 2.45) is 0 Å². The zero-order chi connectivity index (χ0) is 13.2. The van der Waals surface area contributed by atoms with E-state index in [1.54, 1.807) is 0 Å². The summed E-state index contributed by atoms with van der Waals surface area (Å²) in [7, 11) is 0. The van der Waals surface area contributed by atoms with Crippen LogP contribution < -0.4 is 4.74 Å². The van der Waals surface area contributed by atoms with Crippen molar-refractivity contribution in [1.29, 1.82) is 0 Å². The van der Waals surface area contributed by atoms with Crippen LogP contribution >= 0.6 is 0 Å². The third kappa shape index (κ3) is 3.24. The summed E-state index contributed by atoms with van der Waals surface area (Å²) < 4.78 is 39.7. The minimum absolute atomic E-state index is 0.168. The molecule has 0 radical (unpaired) electrons. The third-order valence-corrected chi connectivity index (χ3v) is 3.07. The molecular formula is C13H13F3O2. The first-order valence-electron chi connectivity index (χ1n) is 5.84. The van der Waals surface area contributed by atoms with Crippen molar-refractivity contribution < 1.29 is 22.7 Å². The molecule has 5 heteroatoms. The maximum Gasteiger partial charge on any atom is 0.573 e. The van der Waals surface area contributed by atoms with Crippen LogP contribution in [0.2, 0.25) is 0 Å². The molecule has 1 fully saturated rings. The fraction of sp³-hybridized carbons (Fsp3) is 0.462. The van der Waals surface area contributed by atoms with Crippen molar-refractivity contribution in [2.45, 2.75) is 38.0 Å². The number of rotatable bonds is 2. The molecule has 1 aliphatic rings. The van der Waals surface area contributed by atoms with E-state index in [4.69, 9.17) is 0 Å². The summed E-state index contributed by atoms with van der Waals surface area (Å²) in [4.78, 5) is 11.7. The molecule has 1 aliphatic carbocycles. The molecule has 1 atom stereocenters. The molecule has 0 spiro atoms. The minimum atomic E-state index is -4.68. The van der Waals surface area contributed by atoms with Crippen molar-refractivity contribution in [3.8, 4) is 5.75 Å². The SMILES string of the molecule is O=C1CCCC[C@H]1c1ccc(OC(F)(F)F)cc1. The Balaban J connectivity index is 2.09. The molecule has 18 heavy (non-hydrogen) atoms. The minimum Gasteiger partial charge on any atom is -0.406 e. The van der Waals surface area contributed by atoms with Crippen LogP contribution in [-0.4, -0.2) is 12.1 Å². The number of hydrogen-bond donors (Lipinski definition) is 0. The van der Waals surface area contributed by atoms with Gasteiger partial charge in [-0.15, -0.1) is 13.2 Å². The topological polar surface area (TPSA) is 26.3 Å². The molecule has 2 nitrogen and oxygen atoms in total. The quantitative estimate of drug-likeness (QED) is 0.806. The summed E-state index contributed by atoms with van der Waals surface area (Å²) in [6, 6.07) is 5.58. The average Bonchev–Trinajstić information content (AvgIpc) is 2.29. The maximum atomic E-state index is 12.0. The van der Waals surface area contributed by atoms with E-state index >= 15 is 0 Å².